The zero-order valence-corrected chi connectivity index (χ0v) is 12.7. The maximum atomic E-state index is 12.1. The number of thiophene rings is 1. The van der Waals surface area contributed by atoms with Crippen molar-refractivity contribution >= 4 is 23.2 Å². The summed E-state index contributed by atoms with van der Waals surface area (Å²) in [5.74, 6) is 0.957. The number of rotatable bonds is 2. The van der Waals surface area contributed by atoms with Crippen molar-refractivity contribution in [1.82, 2.24) is 10.9 Å². The Morgan fingerprint density at radius 1 is 1.30 bits per heavy atom. The third kappa shape index (κ3) is 2.73. The highest BCUT2D eigenvalue weighted by atomic mass is 32.1. The molecule has 2 aliphatic rings. The van der Waals surface area contributed by atoms with Crippen LogP contribution in [0.2, 0.25) is 0 Å². The van der Waals surface area contributed by atoms with Crippen molar-refractivity contribution in [2.45, 2.75) is 39.5 Å². The molecule has 0 spiro atoms. The summed E-state index contributed by atoms with van der Waals surface area (Å²) in [7, 11) is 0. The first-order valence-corrected chi connectivity index (χ1v) is 8.08. The number of amides is 2. The Hall–Kier alpha value is -1.36. The predicted octanol–water partition coefficient (Wildman–Crippen LogP) is 2.29. The molecule has 1 aromatic heterocycles. The van der Waals surface area contributed by atoms with Gasteiger partial charge in [-0.1, -0.05) is 13.8 Å². The third-order valence-electron chi connectivity index (χ3n) is 4.30. The second-order valence-corrected chi connectivity index (χ2v) is 7.31. The minimum absolute atomic E-state index is 0.0687. The van der Waals surface area contributed by atoms with Crippen LogP contribution in [0.1, 0.15) is 46.8 Å². The molecule has 0 unspecified atom stereocenters. The minimum atomic E-state index is -0.196. The molecule has 2 N–H and O–H groups in total. The summed E-state index contributed by atoms with van der Waals surface area (Å²) < 4.78 is 0. The van der Waals surface area contributed by atoms with Gasteiger partial charge in [0, 0.05) is 10.8 Å². The van der Waals surface area contributed by atoms with E-state index in [1.807, 2.05) is 13.0 Å². The van der Waals surface area contributed by atoms with Gasteiger partial charge in [-0.15, -0.1) is 11.3 Å². The van der Waals surface area contributed by atoms with Crippen molar-refractivity contribution in [3.8, 4) is 0 Å². The van der Waals surface area contributed by atoms with Crippen LogP contribution in [0.5, 0.6) is 0 Å². The average molecular weight is 292 g/mol. The number of fused-ring (bicyclic) bond motifs is 1. The molecule has 1 fully saturated rings. The smallest absolute Gasteiger partial charge is 0.273 e. The molecule has 1 aromatic rings. The Morgan fingerprint density at radius 2 is 2.05 bits per heavy atom. The first-order valence-electron chi connectivity index (χ1n) is 7.26. The summed E-state index contributed by atoms with van der Waals surface area (Å²) in [6, 6.07) is 1.98. The van der Waals surface area contributed by atoms with Crippen LogP contribution in [0.25, 0.3) is 0 Å². The number of hydrogen-bond donors (Lipinski definition) is 2. The van der Waals surface area contributed by atoms with E-state index >= 15 is 0 Å². The van der Waals surface area contributed by atoms with Gasteiger partial charge in [-0.05, 0) is 49.1 Å². The van der Waals surface area contributed by atoms with Gasteiger partial charge in [0.25, 0.3) is 5.91 Å². The van der Waals surface area contributed by atoms with E-state index in [0.717, 1.165) is 19.3 Å². The summed E-state index contributed by atoms with van der Waals surface area (Å²) in [4.78, 5) is 25.8. The number of hydrogen-bond acceptors (Lipinski definition) is 3. The maximum absolute atomic E-state index is 12.1. The van der Waals surface area contributed by atoms with Crippen LogP contribution < -0.4 is 10.9 Å². The van der Waals surface area contributed by atoms with E-state index < -0.39 is 0 Å². The van der Waals surface area contributed by atoms with Gasteiger partial charge < -0.3 is 0 Å². The quantitative estimate of drug-likeness (QED) is 0.822. The molecule has 3 atom stereocenters. The van der Waals surface area contributed by atoms with Gasteiger partial charge in [0.15, 0.2) is 0 Å². The van der Waals surface area contributed by atoms with Gasteiger partial charge in [0.05, 0.1) is 4.88 Å². The fourth-order valence-corrected chi connectivity index (χ4v) is 3.88. The lowest BCUT2D eigenvalue weighted by Crippen LogP contribution is -2.42. The van der Waals surface area contributed by atoms with E-state index in [9.17, 15) is 9.59 Å². The fourth-order valence-electron chi connectivity index (χ4n) is 2.78. The highest BCUT2D eigenvalue weighted by Crippen LogP contribution is 2.37. The normalized spacial score (nSPS) is 27.6. The van der Waals surface area contributed by atoms with Gasteiger partial charge in [-0.3, -0.25) is 20.4 Å². The van der Waals surface area contributed by atoms with Crippen LogP contribution in [0.4, 0.5) is 0 Å². The van der Waals surface area contributed by atoms with E-state index in [1.54, 1.807) is 11.3 Å². The summed E-state index contributed by atoms with van der Waals surface area (Å²) in [5, 5.41) is 0. The zero-order valence-electron chi connectivity index (χ0n) is 11.9. The van der Waals surface area contributed by atoms with E-state index in [-0.39, 0.29) is 17.7 Å². The van der Waals surface area contributed by atoms with E-state index in [0.29, 0.717) is 16.7 Å². The summed E-state index contributed by atoms with van der Waals surface area (Å²) in [5.41, 5.74) is 6.37. The van der Waals surface area contributed by atoms with Crippen LogP contribution in [0, 0.1) is 17.8 Å². The maximum Gasteiger partial charge on any atom is 0.279 e. The minimum Gasteiger partial charge on any atom is -0.273 e. The van der Waals surface area contributed by atoms with Crippen molar-refractivity contribution in [3.63, 3.8) is 0 Å². The molecule has 20 heavy (non-hydrogen) atoms. The Morgan fingerprint density at radius 3 is 2.75 bits per heavy atom. The summed E-state index contributed by atoms with van der Waals surface area (Å²) >= 11 is 1.56. The van der Waals surface area contributed by atoms with Gasteiger partial charge in [-0.25, -0.2) is 0 Å². The number of aryl methyl sites for hydroxylation is 1. The molecule has 3 rings (SSSR count). The van der Waals surface area contributed by atoms with Crippen molar-refractivity contribution < 1.29 is 9.59 Å². The highest BCUT2D eigenvalue weighted by molar-refractivity contribution is 7.14. The largest absolute Gasteiger partial charge is 0.279 e. The molecule has 2 aliphatic carbocycles. The van der Waals surface area contributed by atoms with E-state index in [1.165, 1.54) is 16.9 Å². The molecule has 0 bridgehead atoms. The number of carbonyl (C=O) groups is 2. The first kappa shape index (κ1) is 13.6. The second-order valence-electron chi connectivity index (χ2n) is 6.17. The van der Waals surface area contributed by atoms with Crippen LogP contribution in [0.15, 0.2) is 6.07 Å². The van der Waals surface area contributed by atoms with Gasteiger partial charge in [-0.2, -0.15) is 0 Å². The van der Waals surface area contributed by atoms with Gasteiger partial charge >= 0.3 is 0 Å². The lowest BCUT2D eigenvalue weighted by molar-refractivity contribution is -0.123. The Kier molecular flexibility index (Phi) is 3.54. The molecular formula is C15H20N2O2S. The van der Waals surface area contributed by atoms with Crippen LogP contribution in [-0.4, -0.2) is 11.8 Å². The average Bonchev–Trinajstić information content (AvgIpc) is 3.00. The molecule has 0 aromatic carbocycles. The molecule has 1 saturated carbocycles. The molecular weight excluding hydrogens is 272 g/mol. The molecule has 0 aliphatic heterocycles. The summed E-state index contributed by atoms with van der Waals surface area (Å²) in [6.07, 6.45) is 4.25. The molecule has 0 radical (unpaired) electrons. The van der Waals surface area contributed by atoms with Crippen LogP contribution in [-0.2, 0) is 17.6 Å². The number of nitrogens with one attached hydrogen (secondary N) is 2. The molecule has 4 nitrogen and oxygen atoms in total. The van der Waals surface area contributed by atoms with Crippen molar-refractivity contribution in [2.24, 2.45) is 17.8 Å². The molecule has 0 saturated heterocycles. The zero-order chi connectivity index (χ0) is 14.3. The molecule has 108 valence electrons. The van der Waals surface area contributed by atoms with E-state index in [2.05, 4.69) is 17.8 Å². The number of hydrazine groups is 1. The van der Waals surface area contributed by atoms with Crippen molar-refractivity contribution in [1.29, 1.82) is 0 Å². The SMILES string of the molecule is C[C@@H]1CCc2sc(C(=O)NNC(=O)[C@H]3C[C@@H]3C)cc2C1. The topological polar surface area (TPSA) is 58.2 Å². The van der Waals surface area contributed by atoms with Gasteiger partial charge in [0.2, 0.25) is 5.91 Å². The molecule has 1 heterocycles. The predicted molar refractivity (Wildman–Crippen MR) is 78.4 cm³/mol. The molecule has 2 amide bonds. The fraction of sp³-hybridized carbons (Fsp3) is 0.600. The Labute approximate surface area is 122 Å². The monoisotopic (exact) mass is 292 g/mol. The standard InChI is InChI=1S/C15H20N2O2S/c1-8-3-4-12-10(5-8)7-13(20-12)15(19)17-16-14(18)11-6-9(11)2/h7-9,11H,3-6H2,1-2H3,(H,16,18)(H,17,19)/t8-,9+,11+/m1/s1. The second kappa shape index (κ2) is 5.20. The molecule has 5 heteroatoms. The van der Waals surface area contributed by atoms with Crippen LogP contribution in [0.3, 0.4) is 0 Å². The number of carbonyl (C=O) groups excluding carboxylic acids is 2. The van der Waals surface area contributed by atoms with Gasteiger partial charge in [0.1, 0.15) is 0 Å². The highest BCUT2D eigenvalue weighted by Gasteiger charge is 2.39. The Balaban J connectivity index is 1.59. The lowest BCUT2D eigenvalue weighted by atomic mass is 9.90. The van der Waals surface area contributed by atoms with Crippen LogP contribution >= 0.6 is 11.3 Å². The lowest BCUT2D eigenvalue weighted by Gasteiger charge is -2.16. The van der Waals surface area contributed by atoms with Crippen molar-refractivity contribution in [3.05, 3.63) is 21.4 Å². The Bertz CT molecular complexity index is 552. The third-order valence-corrected chi connectivity index (χ3v) is 5.53. The van der Waals surface area contributed by atoms with E-state index in [4.69, 9.17) is 0 Å². The summed E-state index contributed by atoms with van der Waals surface area (Å²) in [6.45, 7) is 4.29. The van der Waals surface area contributed by atoms with Crippen molar-refractivity contribution in [2.75, 3.05) is 0 Å². The first-order chi connectivity index (χ1) is 9.54.